The first-order valence-electron chi connectivity index (χ1n) is 9.83. The van der Waals surface area contributed by atoms with Crippen LogP contribution in [0.1, 0.15) is 28.9 Å². The van der Waals surface area contributed by atoms with Gasteiger partial charge in [0.15, 0.2) is 5.69 Å². The molecule has 28 heavy (non-hydrogen) atoms. The van der Waals surface area contributed by atoms with Gasteiger partial charge >= 0.3 is 0 Å². The van der Waals surface area contributed by atoms with E-state index >= 15 is 0 Å². The third-order valence-electron chi connectivity index (χ3n) is 5.19. The van der Waals surface area contributed by atoms with E-state index in [1.807, 2.05) is 31.1 Å². The minimum atomic E-state index is -0.154. The minimum absolute atomic E-state index is 0.0955. The zero-order valence-corrected chi connectivity index (χ0v) is 16.7. The van der Waals surface area contributed by atoms with Crippen LogP contribution in [0.15, 0.2) is 41.1 Å². The topological polar surface area (TPSA) is 52.8 Å². The van der Waals surface area contributed by atoms with E-state index in [0.29, 0.717) is 31.2 Å². The highest BCUT2D eigenvalue weighted by Crippen LogP contribution is 2.21. The summed E-state index contributed by atoms with van der Waals surface area (Å²) in [5.74, 6) is 0.110. The van der Waals surface area contributed by atoms with Crippen molar-refractivity contribution in [3.63, 3.8) is 0 Å². The Labute approximate surface area is 165 Å². The molecule has 1 fully saturated rings. The second-order valence-corrected chi connectivity index (χ2v) is 7.77. The SMILES string of the molecule is CN(C)CCN(CC1CCCN(Cc2ccccc2F)C1)C(=O)c1ccon1. The number of benzene rings is 1. The lowest BCUT2D eigenvalue weighted by molar-refractivity contribution is 0.0650. The van der Waals surface area contributed by atoms with Crippen LogP contribution in [0, 0.1) is 11.7 Å². The van der Waals surface area contributed by atoms with Gasteiger partial charge in [-0.2, -0.15) is 0 Å². The van der Waals surface area contributed by atoms with Crippen LogP contribution in [0.25, 0.3) is 0 Å². The fraction of sp³-hybridized carbons (Fsp3) is 0.524. The van der Waals surface area contributed by atoms with E-state index in [0.717, 1.165) is 38.0 Å². The molecule has 1 unspecified atom stereocenters. The quantitative estimate of drug-likeness (QED) is 0.696. The zero-order valence-electron chi connectivity index (χ0n) is 16.7. The number of nitrogens with zero attached hydrogens (tertiary/aromatic N) is 4. The molecule has 0 spiro atoms. The highest BCUT2D eigenvalue weighted by Gasteiger charge is 2.26. The van der Waals surface area contributed by atoms with Gasteiger partial charge in [0.25, 0.3) is 5.91 Å². The lowest BCUT2D eigenvalue weighted by Gasteiger charge is -2.36. The number of piperidine rings is 1. The number of hydrogen-bond donors (Lipinski definition) is 0. The highest BCUT2D eigenvalue weighted by atomic mass is 19.1. The molecule has 0 aliphatic carbocycles. The van der Waals surface area contributed by atoms with Crippen molar-refractivity contribution in [1.29, 1.82) is 0 Å². The van der Waals surface area contributed by atoms with Crippen LogP contribution in [0.4, 0.5) is 4.39 Å². The summed E-state index contributed by atoms with van der Waals surface area (Å²) in [6, 6.07) is 8.55. The molecule has 0 saturated carbocycles. The molecule has 0 bridgehead atoms. The van der Waals surface area contributed by atoms with Crippen LogP contribution in [-0.2, 0) is 6.54 Å². The fourth-order valence-corrected chi connectivity index (χ4v) is 3.70. The molecule has 1 aliphatic heterocycles. The monoisotopic (exact) mass is 388 g/mol. The van der Waals surface area contributed by atoms with Crippen molar-refractivity contribution in [2.45, 2.75) is 19.4 Å². The Morgan fingerprint density at radius 1 is 1.29 bits per heavy atom. The zero-order chi connectivity index (χ0) is 19.9. The van der Waals surface area contributed by atoms with Gasteiger partial charge in [-0.25, -0.2) is 4.39 Å². The highest BCUT2D eigenvalue weighted by molar-refractivity contribution is 5.92. The Kier molecular flexibility index (Phi) is 7.17. The van der Waals surface area contributed by atoms with Gasteiger partial charge in [0.1, 0.15) is 12.1 Å². The molecule has 6 nitrogen and oxygen atoms in total. The van der Waals surface area contributed by atoms with Crippen molar-refractivity contribution < 1.29 is 13.7 Å². The molecule has 0 N–H and O–H groups in total. The number of hydrogen-bond acceptors (Lipinski definition) is 5. The Balaban J connectivity index is 1.62. The van der Waals surface area contributed by atoms with Crippen LogP contribution in [0.2, 0.25) is 0 Å². The third kappa shape index (κ3) is 5.62. The van der Waals surface area contributed by atoms with Crippen molar-refractivity contribution in [2.75, 3.05) is 46.8 Å². The summed E-state index contributed by atoms with van der Waals surface area (Å²) in [4.78, 5) is 19.1. The summed E-state index contributed by atoms with van der Waals surface area (Å²) in [6.45, 7) is 4.53. The van der Waals surface area contributed by atoms with E-state index in [1.165, 1.54) is 12.3 Å². The standard InChI is InChI=1S/C21H29FN4O2/c1-24(2)11-12-26(21(27)20-9-13-28-23-20)15-17-6-5-10-25(14-17)16-18-7-3-4-8-19(18)22/h3-4,7-9,13,17H,5-6,10-12,14-16H2,1-2H3. The van der Waals surface area contributed by atoms with Gasteiger partial charge in [0.05, 0.1) is 0 Å². The van der Waals surface area contributed by atoms with E-state index in [-0.39, 0.29) is 11.7 Å². The molecule has 152 valence electrons. The average molecular weight is 388 g/mol. The minimum Gasteiger partial charge on any atom is -0.364 e. The molecule has 1 saturated heterocycles. The smallest absolute Gasteiger partial charge is 0.276 e. The van der Waals surface area contributed by atoms with Crippen LogP contribution in [-0.4, -0.2) is 72.6 Å². The number of carbonyl (C=O) groups excluding carboxylic acids is 1. The molecule has 1 aliphatic rings. The molecule has 2 aromatic rings. The van der Waals surface area contributed by atoms with Crippen LogP contribution in [0.5, 0.6) is 0 Å². The van der Waals surface area contributed by atoms with Crippen molar-refractivity contribution in [3.8, 4) is 0 Å². The molecule has 1 atom stereocenters. The number of likely N-dealkylation sites (tertiary alicyclic amines) is 1. The van der Waals surface area contributed by atoms with E-state index in [2.05, 4.69) is 15.0 Å². The van der Waals surface area contributed by atoms with Gasteiger partial charge in [-0.15, -0.1) is 0 Å². The van der Waals surface area contributed by atoms with Crippen molar-refractivity contribution in [2.24, 2.45) is 5.92 Å². The van der Waals surface area contributed by atoms with Crippen molar-refractivity contribution in [1.82, 2.24) is 19.9 Å². The van der Waals surface area contributed by atoms with Crippen LogP contribution < -0.4 is 0 Å². The summed E-state index contributed by atoms with van der Waals surface area (Å²) < 4.78 is 18.8. The van der Waals surface area contributed by atoms with E-state index in [9.17, 15) is 9.18 Å². The second-order valence-electron chi connectivity index (χ2n) is 7.77. The van der Waals surface area contributed by atoms with Gasteiger partial charge in [0.2, 0.25) is 0 Å². The molecule has 7 heteroatoms. The molecule has 3 rings (SSSR count). The molecule has 1 aromatic heterocycles. The molecular weight excluding hydrogens is 359 g/mol. The average Bonchev–Trinajstić information content (AvgIpc) is 3.21. The first kappa shape index (κ1) is 20.5. The first-order chi connectivity index (χ1) is 13.5. The van der Waals surface area contributed by atoms with Crippen molar-refractivity contribution in [3.05, 3.63) is 53.7 Å². The number of halogens is 1. The Morgan fingerprint density at radius 3 is 2.82 bits per heavy atom. The van der Waals surface area contributed by atoms with Gasteiger partial charge in [-0.05, 0) is 45.5 Å². The second kappa shape index (κ2) is 9.80. The number of amides is 1. The maximum atomic E-state index is 14.0. The maximum absolute atomic E-state index is 14.0. The fourth-order valence-electron chi connectivity index (χ4n) is 3.70. The van der Waals surface area contributed by atoms with Crippen molar-refractivity contribution >= 4 is 5.91 Å². The molecule has 0 radical (unpaired) electrons. The Bertz CT molecular complexity index is 751. The molecule has 1 aromatic carbocycles. The maximum Gasteiger partial charge on any atom is 0.276 e. The summed E-state index contributed by atoms with van der Waals surface area (Å²) in [5, 5.41) is 3.81. The largest absolute Gasteiger partial charge is 0.364 e. The van der Waals surface area contributed by atoms with Gasteiger partial charge in [-0.3, -0.25) is 9.69 Å². The van der Waals surface area contributed by atoms with Gasteiger partial charge < -0.3 is 14.3 Å². The van der Waals surface area contributed by atoms with Gasteiger partial charge in [0, 0.05) is 44.4 Å². The predicted molar refractivity (Wildman–Crippen MR) is 105 cm³/mol. The molecular formula is C21H29FN4O2. The molecule has 2 heterocycles. The summed E-state index contributed by atoms with van der Waals surface area (Å²) in [5.41, 5.74) is 1.07. The normalized spacial score (nSPS) is 17.8. The first-order valence-corrected chi connectivity index (χ1v) is 9.83. The van der Waals surface area contributed by atoms with Crippen LogP contribution >= 0.6 is 0 Å². The van der Waals surface area contributed by atoms with E-state index < -0.39 is 0 Å². The predicted octanol–water partition coefficient (Wildman–Crippen LogP) is 2.73. The number of rotatable bonds is 8. The third-order valence-corrected chi connectivity index (χ3v) is 5.19. The lowest BCUT2D eigenvalue weighted by Crippen LogP contribution is -2.44. The Morgan fingerprint density at radius 2 is 2.11 bits per heavy atom. The summed E-state index contributed by atoms with van der Waals surface area (Å²) >= 11 is 0. The number of carbonyl (C=O) groups is 1. The van der Waals surface area contributed by atoms with E-state index in [1.54, 1.807) is 12.1 Å². The summed E-state index contributed by atoms with van der Waals surface area (Å²) in [6.07, 6.45) is 3.55. The summed E-state index contributed by atoms with van der Waals surface area (Å²) in [7, 11) is 3.99. The van der Waals surface area contributed by atoms with E-state index in [4.69, 9.17) is 4.52 Å². The lowest BCUT2D eigenvalue weighted by atomic mass is 9.96. The number of likely N-dealkylation sites (N-methyl/N-ethyl adjacent to an activating group) is 1. The molecule has 1 amide bonds. The van der Waals surface area contributed by atoms with Crippen LogP contribution in [0.3, 0.4) is 0 Å². The number of aromatic nitrogens is 1. The Hall–Kier alpha value is -2.25. The van der Waals surface area contributed by atoms with Gasteiger partial charge in [-0.1, -0.05) is 23.4 Å².